The molecule has 0 amide bonds. The van der Waals surface area contributed by atoms with Gasteiger partial charge in [-0.25, -0.2) is 4.68 Å². The largest absolute Gasteiger partial charge is 0.481 e. The summed E-state index contributed by atoms with van der Waals surface area (Å²) in [5, 5.41) is 18.1. The highest BCUT2D eigenvalue weighted by Crippen LogP contribution is 2.47. The molecule has 0 radical (unpaired) electrons. The van der Waals surface area contributed by atoms with E-state index in [1.54, 1.807) is 6.20 Å². The van der Waals surface area contributed by atoms with Crippen LogP contribution in [0.25, 0.3) is 5.69 Å². The first kappa shape index (κ1) is 15.3. The molecular formula is C18H22N4O2. The average molecular weight is 326 g/mol. The zero-order valence-corrected chi connectivity index (χ0v) is 13.6. The van der Waals surface area contributed by atoms with E-state index in [4.69, 9.17) is 0 Å². The molecule has 1 aliphatic heterocycles. The van der Waals surface area contributed by atoms with Gasteiger partial charge < -0.3 is 5.11 Å². The molecule has 1 saturated heterocycles. The monoisotopic (exact) mass is 326 g/mol. The number of para-hydroxylation sites is 1. The molecule has 2 atom stereocenters. The lowest BCUT2D eigenvalue weighted by molar-refractivity contribution is -0.152. The maximum Gasteiger partial charge on any atom is 0.311 e. The highest BCUT2D eigenvalue weighted by molar-refractivity contribution is 5.76. The van der Waals surface area contributed by atoms with Crippen LogP contribution in [0.3, 0.4) is 0 Å². The molecule has 2 aromatic rings. The number of rotatable bonds is 4. The van der Waals surface area contributed by atoms with Gasteiger partial charge in [0.15, 0.2) is 0 Å². The molecule has 6 nitrogen and oxygen atoms in total. The summed E-state index contributed by atoms with van der Waals surface area (Å²) in [6.07, 6.45) is 6.46. The van der Waals surface area contributed by atoms with Gasteiger partial charge in [0.2, 0.25) is 0 Å². The van der Waals surface area contributed by atoms with Gasteiger partial charge in [0.25, 0.3) is 0 Å². The molecule has 6 heteroatoms. The maximum atomic E-state index is 11.9. The SMILES string of the molecule is O=C(O)[C@@]12CCCC[C@@H]1N(Cc1cnnn1-c1ccccc1)CC2. The topological polar surface area (TPSA) is 71.2 Å². The molecule has 24 heavy (non-hydrogen) atoms. The second-order valence-corrected chi connectivity index (χ2v) is 6.92. The highest BCUT2D eigenvalue weighted by atomic mass is 16.4. The number of carbonyl (C=O) groups is 1. The third-order valence-electron chi connectivity index (χ3n) is 5.69. The van der Waals surface area contributed by atoms with Crippen LogP contribution < -0.4 is 0 Å². The molecule has 1 aromatic heterocycles. The number of nitrogens with zero attached hydrogens (tertiary/aromatic N) is 4. The number of fused-ring (bicyclic) bond motifs is 1. The van der Waals surface area contributed by atoms with Crippen LogP contribution in [0.2, 0.25) is 0 Å². The lowest BCUT2D eigenvalue weighted by Gasteiger charge is -2.38. The van der Waals surface area contributed by atoms with Crippen LogP contribution in [-0.2, 0) is 11.3 Å². The van der Waals surface area contributed by atoms with E-state index in [0.29, 0.717) is 6.54 Å². The Morgan fingerprint density at radius 3 is 2.88 bits per heavy atom. The first-order chi connectivity index (χ1) is 11.7. The average Bonchev–Trinajstić information content (AvgIpc) is 3.22. The van der Waals surface area contributed by atoms with Crippen molar-refractivity contribution in [2.75, 3.05) is 6.54 Å². The summed E-state index contributed by atoms with van der Waals surface area (Å²) in [4.78, 5) is 14.3. The van der Waals surface area contributed by atoms with Gasteiger partial charge in [0.05, 0.1) is 23.0 Å². The van der Waals surface area contributed by atoms with Crippen molar-refractivity contribution < 1.29 is 9.90 Å². The van der Waals surface area contributed by atoms with Crippen LogP contribution in [0.4, 0.5) is 0 Å². The van der Waals surface area contributed by atoms with Gasteiger partial charge in [0, 0.05) is 19.1 Å². The van der Waals surface area contributed by atoms with Gasteiger partial charge in [-0.05, 0) is 31.4 Å². The zero-order chi connectivity index (χ0) is 16.6. The van der Waals surface area contributed by atoms with Crippen molar-refractivity contribution in [3.63, 3.8) is 0 Å². The van der Waals surface area contributed by atoms with Crippen LogP contribution in [0.15, 0.2) is 36.5 Å². The fraction of sp³-hybridized carbons (Fsp3) is 0.500. The Kier molecular flexibility index (Phi) is 3.84. The quantitative estimate of drug-likeness (QED) is 0.934. The predicted molar refractivity (Wildman–Crippen MR) is 88.7 cm³/mol. The Morgan fingerprint density at radius 2 is 2.08 bits per heavy atom. The van der Waals surface area contributed by atoms with E-state index in [1.165, 1.54) is 0 Å². The molecule has 1 saturated carbocycles. The summed E-state index contributed by atoms with van der Waals surface area (Å²) in [5.41, 5.74) is 1.44. The third-order valence-corrected chi connectivity index (χ3v) is 5.69. The molecule has 0 unspecified atom stereocenters. The Labute approximate surface area is 141 Å². The molecule has 4 rings (SSSR count). The van der Waals surface area contributed by atoms with Crippen molar-refractivity contribution in [1.29, 1.82) is 0 Å². The molecule has 2 fully saturated rings. The molecule has 2 heterocycles. The Hall–Kier alpha value is -2.21. The summed E-state index contributed by atoms with van der Waals surface area (Å²) in [6, 6.07) is 10.1. The van der Waals surface area contributed by atoms with E-state index in [9.17, 15) is 9.90 Å². The normalized spacial score (nSPS) is 27.1. The lowest BCUT2D eigenvalue weighted by atomic mass is 9.70. The second kappa shape index (κ2) is 6.02. The maximum absolute atomic E-state index is 11.9. The molecular weight excluding hydrogens is 304 g/mol. The minimum atomic E-state index is -0.621. The molecule has 2 aliphatic rings. The van der Waals surface area contributed by atoms with E-state index in [2.05, 4.69) is 15.2 Å². The smallest absolute Gasteiger partial charge is 0.311 e. The second-order valence-electron chi connectivity index (χ2n) is 6.92. The zero-order valence-electron chi connectivity index (χ0n) is 13.6. The van der Waals surface area contributed by atoms with E-state index in [1.807, 2.05) is 35.0 Å². The molecule has 126 valence electrons. The van der Waals surface area contributed by atoms with E-state index in [0.717, 1.165) is 50.0 Å². The number of carboxylic acids is 1. The standard InChI is InChI=1S/C18H22N4O2/c23-17(24)18-9-5-4-8-16(18)21(11-10-18)13-15-12-19-20-22(15)14-6-2-1-3-7-14/h1-3,6-7,12,16H,4-5,8-11,13H2,(H,23,24)/t16-,18+/m0/s1. The van der Waals surface area contributed by atoms with Gasteiger partial charge in [-0.3, -0.25) is 9.69 Å². The van der Waals surface area contributed by atoms with Crippen molar-refractivity contribution in [2.45, 2.75) is 44.7 Å². The summed E-state index contributed by atoms with van der Waals surface area (Å²) in [7, 11) is 0. The van der Waals surface area contributed by atoms with Crippen LogP contribution in [0.1, 0.15) is 37.8 Å². The van der Waals surface area contributed by atoms with Crippen molar-refractivity contribution in [3.8, 4) is 5.69 Å². The van der Waals surface area contributed by atoms with Crippen molar-refractivity contribution in [2.24, 2.45) is 5.41 Å². The van der Waals surface area contributed by atoms with Gasteiger partial charge >= 0.3 is 5.97 Å². The number of likely N-dealkylation sites (tertiary alicyclic amines) is 1. The van der Waals surface area contributed by atoms with Gasteiger partial charge in [-0.1, -0.05) is 36.3 Å². The number of carboxylic acid groups (broad SMARTS) is 1. The minimum Gasteiger partial charge on any atom is -0.481 e. The summed E-state index contributed by atoms with van der Waals surface area (Å²) in [6.45, 7) is 1.53. The summed E-state index contributed by atoms with van der Waals surface area (Å²) in [5.74, 6) is -0.621. The van der Waals surface area contributed by atoms with Gasteiger partial charge in [-0.2, -0.15) is 0 Å². The van der Waals surface area contributed by atoms with Crippen LogP contribution in [0.5, 0.6) is 0 Å². The first-order valence-corrected chi connectivity index (χ1v) is 8.63. The first-order valence-electron chi connectivity index (χ1n) is 8.63. The molecule has 1 N–H and O–H groups in total. The highest BCUT2D eigenvalue weighted by Gasteiger charge is 2.53. The summed E-state index contributed by atoms with van der Waals surface area (Å²) < 4.78 is 1.85. The fourth-order valence-electron chi connectivity index (χ4n) is 4.45. The van der Waals surface area contributed by atoms with Crippen molar-refractivity contribution in [3.05, 3.63) is 42.2 Å². The number of aliphatic carboxylic acids is 1. The Morgan fingerprint density at radius 1 is 1.25 bits per heavy atom. The van der Waals surface area contributed by atoms with E-state index in [-0.39, 0.29) is 6.04 Å². The minimum absolute atomic E-state index is 0.128. The molecule has 0 spiro atoms. The molecule has 1 aliphatic carbocycles. The van der Waals surface area contributed by atoms with E-state index >= 15 is 0 Å². The predicted octanol–water partition coefficient (Wildman–Crippen LogP) is 2.49. The van der Waals surface area contributed by atoms with E-state index < -0.39 is 11.4 Å². The number of hydrogen-bond acceptors (Lipinski definition) is 4. The Balaban J connectivity index is 1.59. The Bertz CT molecular complexity index is 730. The third kappa shape index (κ3) is 2.41. The van der Waals surface area contributed by atoms with Crippen LogP contribution >= 0.6 is 0 Å². The number of hydrogen-bond donors (Lipinski definition) is 1. The lowest BCUT2D eigenvalue weighted by Crippen LogP contribution is -2.46. The molecule has 0 bridgehead atoms. The van der Waals surface area contributed by atoms with Crippen LogP contribution in [0, 0.1) is 5.41 Å². The van der Waals surface area contributed by atoms with Gasteiger partial charge in [0.1, 0.15) is 0 Å². The fourth-order valence-corrected chi connectivity index (χ4v) is 4.45. The molecule has 1 aromatic carbocycles. The number of benzene rings is 1. The van der Waals surface area contributed by atoms with Crippen LogP contribution in [-0.4, -0.2) is 43.6 Å². The summed E-state index contributed by atoms with van der Waals surface area (Å²) >= 11 is 0. The van der Waals surface area contributed by atoms with Crippen molar-refractivity contribution in [1.82, 2.24) is 19.9 Å². The van der Waals surface area contributed by atoms with Gasteiger partial charge in [-0.15, -0.1) is 5.10 Å². The number of aromatic nitrogens is 3. The van der Waals surface area contributed by atoms with Crippen molar-refractivity contribution >= 4 is 5.97 Å².